The minimum atomic E-state index is -4.02. The van der Waals surface area contributed by atoms with E-state index in [2.05, 4.69) is 0 Å². The molecule has 1 aromatic carbocycles. The van der Waals surface area contributed by atoms with Crippen LogP contribution in [0.2, 0.25) is 0 Å². The highest BCUT2D eigenvalue weighted by Crippen LogP contribution is 2.32. The summed E-state index contributed by atoms with van der Waals surface area (Å²) in [6.45, 7) is 0. The highest BCUT2D eigenvalue weighted by molar-refractivity contribution is 7.60. The highest BCUT2D eigenvalue weighted by atomic mass is 31.2. The molecule has 0 unspecified atom stereocenters. The summed E-state index contributed by atoms with van der Waals surface area (Å²) in [5.74, 6) is 0. The second-order valence-electron chi connectivity index (χ2n) is 1.96. The average molecular weight is 222 g/mol. The molecule has 1 aromatic rings. The summed E-state index contributed by atoms with van der Waals surface area (Å²) >= 11 is 0. The van der Waals surface area contributed by atoms with Gasteiger partial charge < -0.3 is 14.7 Å². The molecule has 3 N–H and O–H groups in total. The maximum absolute atomic E-state index is 10.5. The van der Waals surface area contributed by atoms with E-state index in [1.54, 1.807) is 18.2 Å². The second-order valence-corrected chi connectivity index (χ2v) is 3.73. The Kier molecular flexibility index (Phi) is 5.71. The van der Waals surface area contributed by atoms with E-state index >= 15 is 0 Å². The number of hydrogen-bond acceptors (Lipinski definition) is 2. The van der Waals surface area contributed by atoms with Gasteiger partial charge in [-0.3, -0.25) is 4.57 Å². The molecular weight excluding hydrogens is 214 g/mol. The lowest BCUT2D eigenvalue weighted by Gasteiger charge is -2.00. The molecule has 0 spiro atoms. The monoisotopic (exact) mass is 222 g/mol. The molecule has 0 radical (unpaired) electrons. The zero-order chi connectivity index (χ0) is 10.3. The normalized spacial score (nSPS) is 10.4. The Labute approximate surface area is 76.5 Å². The molecular formula is C6H8O5P2. The summed E-state index contributed by atoms with van der Waals surface area (Å²) < 4.78 is 19.0. The summed E-state index contributed by atoms with van der Waals surface area (Å²) in [5, 5.41) is 0.0648. The summed E-state index contributed by atoms with van der Waals surface area (Å²) in [7, 11) is -4.85. The van der Waals surface area contributed by atoms with Crippen molar-refractivity contribution in [2.75, 3.05) is 0 Å². The summed E-state index contributed by atoms with van der Waals surface area (Å²) in [5.41, 5.74) is 0. The minimum absolute atomic E-state index is 0.0648. The largest absolute Gasteiger partial charge is 0.356 e. The Morgan fingerprint density at radius 1 is 1.15 bits per heavy atom. The molecule has 0 saturated carbocycles. The Hall–Kier alpha value is -0.570. The molecule has 0 aliphatic rings. The first-order valence-corrected chi connectivity index (χ1v) is 5.48. The first kappa shape index (κ1) is 12.4. The van der Waals surface area contributed by atoms with Crippen molar-refractivity contribution in [2.45, 2.75) is 0 Å². The molecule has 13 heavy (non-hydrogen) atoms. The smallest absolute Gasteiger partial charge is 0.321 e. The van der Waals surface area contributed by atoms with Gasteiger partial charge in [0.25, 0.3) is 0 Å². The quantitative estimate of drug-likeness (QED) is 0.607. The maximum atomic E-state index is 10.5. The van der Waals surface area contributed by atoms with Gasteiger partial charge in [0, 0.05) is 0 Å². The SMILES string of the molecule is O=P(O)(O)c1ccccc1.O=PO. The van der Waals surface area contributed by atoms with Crippen molar-refractivity contribution in [3.63, 3.8) is 0 Å². The van der Waals surface area contributed by atoms with Crippen LogP contribution in [0.4, 0.5) is 0 Å². The Bertz CT molecular complexity index is 293. The van der Waals surface area contributed by atoms with Gasteiger partial charge in [0.2, 0.25) is 0 Å². The zero-order valence-corrected chi connectivity index (χ0v) is 8.23. The molecule has 0 heterocycles. The molecule has 0 amide bonds. The van der Waals surface area contributed by atoms with Crippen molar-refractivity contribution >= 4 is 21.6 Å². The molecule has 0 aliphatic heterocycles. The fraction of sp³-hybridized carbons (Fsp3) is 0. The van der Waals surface area contributed by atoms with Gasteiger partial charge in [0.1, 0.15) is 0 Å². The van der Waals surface area contributed by atoms with Gasteiger partial charge in [0.05, 0.1) is 5.30 Å². The fourth-order valence-electron chi connectivity index (χ4n) is 0.622. The third-order valence-electron chi connectivity index (χ3n) is 1.09. The van der Waals surface area contributed by atoms with Gasteiger partial charge in [-0.05, 0) is 12.1 Å². The van der Waals surface area contributed by atoms with Gasteiger partial charge >= 0.3 is 16.3 Å². The average Bonchev–Trinajstić information content (AvgIpc) is 2.06. The fourth-order valence-corrected chi connectivity index (χ4v) is 1.18. The maximum Gasteiger partial charge on any atom is 0.356 e. The van der Waals surface area contributed by atoms with Crippen molar-refractivity contribution in [1.29, 1.82) is 0 Å². The van der Waals surface area contributed by atoms with Crippen LogP contribution in [0.3, 0.4) is 0 Å². The molecule has 0 aromatic heterocycles. The Morgan fingerprint density at radius 3 is 1.77 bits per heavy atom. The number of benzene rings is 1. The minimum Gasteiger partial charge on any atom is -0.321 e. The standard InChI is InChI=1S/C6H7O3P.HO2P/c7-10(8,9)6-4-2-1-3-5-6;1-3-2/h1-5H,(H2,7,8,9);(H,1,2). The third kappa shape index (κ3) is 5.64. The van der Waals surface area contributed by atoms with Crippen LogP contribution in [0.1, 0.15) is 0 Å². The summed E-state index contributed by atoms with van der Waals surface area (Å²) in [6, 6.07) is 7.70. The molecule has 5 nitrogen and oxygen atoms in total. The lowest BCUT2D eigenvalue weighted by Crippen LogP contribution is -2.01. The molecule has 0 aliphatic carbocycles. The van der Waals surface area contributed by atoms with E-state index in [-0.39, 0.29) is 5.30 Å². The van der Waals surface area contributed by atoms with E-state index in [9.17, 15) is 4.57 Å². The predicted octanol–water partition coefficient (Wildman–Crippen LogP) is 0.675. The molecule has 0 atom stereocenters. The van der Waals surface area contributed by atoms with Crippen molar-refractivity contribution in [3.8, 4) is 0 Å². The number of rotatable bonds is 1. The van der Waals surface area contributed by atoms with Gasteiger partial charge in [-0.15, -0.1) is 0 Å². The molecule has 72 valence electrons. The first-order chi connectivity index (χ1) is 6.02. The first-order valence-electron chi connectivity index (χ1n) is 3.10. The van der Waals surface area contributed by atoms with Crippen LogP contribution < -0.4 is 5.30 Å². The third-order valence-corrected chi connectivity index (χ3v) is 2.06. The van der Waals surface area contributed by atoms with Gasteiger partial charge in [-0.2, -0.15) is 0 Å². The molecule has 0 saturated heterocycles. The van der Waals surface area contributed by atoms with Crippen LogP contribution in [-0.2, 0) is 9.13 Å². The van der Waals surface area contributed by atoms with Gasteiger partial charge in [-0.25, -0.2) is 4.57 Å². The van der Waals surface area contributed by atoms with Crippen LogP contribution in [0.25, 0.3) is 0 Å². The molecule has 7 heteroatoms. The predicted molar refractivity (Wildman–Crippen MR) is 47.9 cm³/mol. The van der Waals surface area contributed by atoms with Gasteiger partial charge in [-0.1, -0.05) is 18.2 Å². The van der Waals surface area contributed by atoms with E-state index in [0.29, 0.717) is 0 Å². The van der Waals surface area contributed by atoms with Gasteiger partial charge in [0.15, 0.2) is 0 Å². The lowest BCUT2D eigenvalue weighted by atomic mass is 10.4. The van der Waals surface area contributed by atoms with Crippen molar-refractivity contribution in [1.82, 2.24) is 0 Å². The Morgan fingerprint density at radius 2 is 1.54 bits per heavy atom. The highest BCUT2D eigenvalue weighted by Gasteiger charge is 2.14. The van der Waals surface area contributed by atoms with Crippen LogP contribution in [0, 0.1) is 0 Å². The lowest BCUT2D eigenvalue weighted by molar-refractivity contribution is 0.387. The molecule has 0 bridgehead atoms. The van der Waals surface area contributed by atoms with Crippen molar-refractivity contribution in [2.24, 2.45) is 0 Å². The van der Waals surface area contributed by atoms with E-state index in [4.69, 9.17) is 19.2 Å². The van der Waals surface area contributed by atoms with E-state index in [0.717, 1.165) is 0 Å². The van der Waals surface area contributed by atoms with Crippen molar-refractivity contribution in [3.05, 3.63) is 30.3 Å². The zero-order valence-electron chi connectivity index (χ0n) is 6.44. The summed E-state index contributed by atoms with van der Waals surface area (Å²) in [6.07, 6.45) is 0. The van der Waals surface area contributed by atoms with Crippen molar-refractivity contribution < 1.29 is 23.8 Å². The van der Waals surface area contributed by atoms with Crippen LogP contribution in [0.15, 0.2) is 30.3 Å². The van der Waals surface area contributed by atoms with Crippen LogP contribution in [0.5, 0.6) is 0 Å². The second kappa shape index (κ2) is 5.97. The van der Waals surface area contributed by atoms with Crippen LogP contribution in [-0.4, -0.2) is 14.7 Å². The van der Waals surface area contributed by atoms with E-state index in [1.807, 2.05) is 0 Å². The van der Waals surface area contributed by atoms with E-state index in [1.165, 1.54) is 12.1 Å². The van der Waals surface area contributed by atoms with Crippen LogP contribution >= 0.6 is 16.3 Å². The Balaban J connectivity index is 0.000000424. The molecule has 1 rings (SSSR count). The number of hydrogen-bond donors (Lipinski definition) is 3. The molecule has 0 fully saturated rings. The van der Waals surface area contributed by atoms with E-state index < -0.39 is 16.3 Å². The topological polar surface area (TPSA) is 94.8 Å². The summed E-state index contributed by atoms with van der Waals surface area (Å²) in [4.78, 5) is 24.2.